The molecule has 1 heteroatoms. The minimum atomic E-state index is 0. The van der Waals surface area contributed by atoms with Crippen molar-refractivity contribution in [1.82, 2.24) is 0 Å². The van der Waals surface area contributed by atoms with E-state index < -0.39 is 0 Å². The Morgan fingerprint density at radius 1 is 0.643 bits per heavy atom. The Balaban J connectivity index is 0.000000980. The molecular weight excluding hydrogens is 179 g/mol. The predicted octanol–water partition coefficient (Wildman–Crippen LogP) is 0.394. The Morgan fingerprint density at radius 3 is 1.36 bits per heavy atom. The van der Waals surface area contributed by atoms with Crippen LogP contribution < -0.4 is 29.6 Å². The Morgan fingerprint density at radius 2 is 1.00 bits per heavy atom. The molecule has 2 aromatic carbocycles. The number of benzene rings is 2. The molecule has 0 saturated carbocycles. The van der Waals surface area contributed by atoms with Crippen LogP contribution in [0.25, 0.3) is 0 Å². The van der Waals surface area contributed by atoms with E-state index in [1.165, 1.54) is 11.1 Å². The van der Waals surface area contributed by atoms with Gasteiger partial charge in [0.25, 0.3) is 0 Å². The number of rotatable bonds is 2. The van der Waals surface area contributed by atoms with Crippen molar-refractivity contribution in [3.8, 4) is 0 Å². The Bertz CT molecular complexity index is 321. The van der Waals surface area contributed by atoms with Crippen LogP contribution in [-0.4, -0.2) is 0 Å². The van der Waals surface area contributed by atoms with Gasteiger partial charge in [-0.1, -0.05) is 60.7 Å². The smallest absolute Gasteiger partial charge is 1.00 e. The first-order valence-corrected chi connectivity index (χ1v) is 4.53. The summed E-state index contributed by atoms with van der Waals surface area (Å²) in [4.78, 5) is 0. The van der Waals surface area contributed by atoms with Crippen molar-refractivity contribution < 1.29 is 31.0 Å². The summed E-state index contributed by atoms with van der Waals surface area (Å²) in [6.45, 7) is 0. The fraction of sp³-hybridized carbons (Fsp3) is 0.0769. The van der Waals surface area contributed by atoms with Crippen molar-refractivity contribution in [2.45, 2.75) is 6.42 Å². The molecule has 0 bridgehead atoms. The number of hydrogen-bond acceptors (Lipinski definition) is 0. The Labute approximate surface area is 109 Å². The molecule has 2 aromatic rings. The summed E-state index contributed by atoms with van der Waals surface area (Å²) in [7, 11) is 0. The van der Waals surface area contributed by atoms with E-state index >= 15 is 0 Å². The van der Waals surface area contributed by atoms with Gasteiger partial charge in [-0.25, -0.2) is 0 Å². The van der Waals surface area contributed by atoms with Crippen molar-refractivity contribution in [2.24, 2.45) is 0 Å². The molecule has 0 aliphatic heterocycles. The molecule has 0 unspecified atom stereocenters. The molecule has 0 aliphatic carbocycles. The van der Waals surface area contributed by atoms with E-state index in [9.17, 15) is 0 Å². The van der Waals surface area contributed by atoms with E-state index in [1.54, 1.807) is 0 Å². The van der Waals surface area contributed by atoms with Crippen LogP contribution in [0.2, 0.25) is 0 Å². The van der Waals surface area contributed by atoms with E-state index in [0.717, 1.165) is 6.42 Å². The Kier molecular flexibility index (Phi) is 4.95. The topological polar surface area (TPSA) is 0 Å². The van der Waals surface area contributed by atoms with Crippen LogP contribution in [0.4, 0.5) is 0 Å². The molecule has 2 rings (SSSR count). The predicted molar refractivity (Wildman–Crippen MR) is 56.8 cm³/mol. The molecule has 0 aliphatic rings. The van der Waals surface area contributed by atoms with Crippen LogP contribution in [0.1, 0.15) is 12.6 Å². The van der Waals surface area contributed by atoms with Crippen LogP contribution in [0, 0.1) is 0 Å². The second-order valence-corrected chi connectivity index (χ2v) is 3.15. The van der Waals surface area contributed by atoms with Gasteiger partial charge >= 0.3 is 29.6 Å². The van der Waals surface area contributed by atoms with Crippen LogP contribution in [0.15, 0.2) is 60.7 Å². The summed E-state index contributed by atoms with van der Waals surface area (Å²) in [5.41, 5.74) is 2.74. The second kappa shape index (κ2) is 6.02. The van der Waals surface area contributed by atoms with Gasteiger partial charge < -0.3 is 1.43 Å². The van der Waals surface area contributed by atoms with E-state index in [1.807, 2.05) is 0 Å². The minimum absolute atomic E-state index is 0. The molecule has 0 heterocycles. The average Bonchev–Trinajstić information content (AvgIpc) is 2.21. The SMILES string of the molecule is [H-].[Na+].c1ccc(Cc2ccccc2)cc1. The third-order valence-corrected chi connectivity index (χ3v) is 2.09. The molecule has 0 spiro atoms. The van der Waals surface area contributed by atoms with Crippen LogP contribution in [-0.2, 0) is 6.42 Å². The first-order valence-electron chi connectivity index (χ1n) is 4.53. The Hall–Kier alpha value is -0.560. The van der Waals surface area contributed by atoms with Crippen molar-refractivity contribution in [2.75, 3.05) is 0 Å². The summed E-state index contributed by atoms with van der Waals surface area (Å²) < 4.78 is 0. The summed E-state index contributed by atoms with van der Waals surface area (Å²) >= 11 is 0. The monoisotopic (exact) mass is 192 g/mol. The van der Waals surface area contributed by atoms with Crippen molar-refractivity contribution in [3.63, 3.8) is 0 Å². The normalized spacial score (nSPS) is 9.14. The molecule has 0 saturated heterocycles. The van der Waals surface area contributed by atoms with E-state index in [0.29, 0.717) is 0 Å². The quantitative estimate of drug-likeness (QED) is 0.604. The molecule has 14 heavy (non-hydrogen) atoms. The van der Waals surface area contributed by atoms with E-state index in [-0.39, 0.29) is 31.0 Å². The fourth-order valence-corrected chi connectivity index (χ4v) is 1.43. The van der Waals surface area contributed by atoms with Gasteiger partial charge in [0.2, 0.25) is 0 Å². The molecule has 0 nitrogen and oxygen atoms in total. The standard InChI is InChI=1S/C13H12.Na.H/c1-3-7-12(8-4-1)11-13-9-5-2-6-10-13;;/h1-10H,11H2;;/q;+1;-1. The summed E-state index contributed by atoms with van der Waals surface area (Å²) in [5.74, 6) is 0. The third kappa shape index (κ3) is 3.30. The first-order chi connectivity index (χ1) is 6.45. The maximum Gasteiger partial charge on any atom is 1.00 e. The molecule has 0 aromatic heterocycles. The summed E-state index contributed by atoms with van der Waals surface area (Å²) in [6, 6.07) is 21.1. The van der Waals surface area contributed by atoms with Crippen LogP contribution in [0.3, 0.4) is 0 Å². The fourth-order valence-electron chi connectivity index (χ4n) is 1.43. The van der Waals surface area contributed by atoms with Gasteiger partial charge in [0.1, 0.15) is 0 Å². The third-order valence-electron chi connectivity index (χ3n) is 2.09. The molecule has 66 valence electrons. The molecule has 0 fully saturated rings. The first kappa shape index (κ1) is 11.5. The van der Waals surface area contributed by atoms with Crippen molar-refractivity contribution >= 4 is 0 Å². The molecular formula is C13H13Na. The molecule has 0 amide bonds. The maximum atomic E-state index is 2.16. The van der Waals surface area contributed by atoms with Crippen molar-refractivity contribution in [3.05, 3.63) is 71.8 Å². The maximum absolute atomic E-state index is 2.16. The van der Waals surface area contributed by atoms with Gasteiger partial charge in [-0.15, -0.1) is 0 Å². The van der Waals surface area contributed by atoms with Gasteiger partial charge in [-0.3, -0.25) is 0 Å². The number of hydrogen-bond donors (Lipinski definition) is 0. The van der Waals surface area contributed by atoms with Crippen LogP contribution >= 0.6 is 0 Å². The molecule has 0 atom stereocenters. The van der Waals surface area contributed by atoms with Gasteiger partial charge in [0, 0.05) is 0 Å². The summed E-state index contributed by atoms with van der Waals surface area (Å²) in [6.07, 6.45) is 1.03. The minimum Gasteiger partial charge on any atom is -1.00 e. The zero-order valence-corrected chi connectivity index (χ0v) is 10.5. The zero-order chi connectivity index (χ0) is 8.93. The van der Waals surface area contributed by atoms with Gasteiger partial charge in [0.15, 0.2) is 0 Å². The van der Waals surface area contributed by atoms with Gasteiger partial charge in [-0.2, -0.15) is 0 Å². The van der Waals surface area contributed by atoms with Gasteiger partial charge in [-0.05, 0) is 17.5 Å². The second-order valence-electron chi connectivity index (χ2n) is 3.15. The largest absolute Gasteiger partial charge is 1.00 e. The zero-order valence-electron chi connectivity index (χ0n) is 9.48. The molecule has 0 N–H and O–H groups in total. The average molecular weight is 192 g/mol. The summed E-state index contributed by atoms with van der Waals surface area (Å²) in [5, 5.41) is 0. The van der Waals surface area contributed by atoms with E-state index in [4.69, 9.17) is 0 Å². The van der Waals surface area contributed by atoms with Crippen LogP contribution in [0.5, 0.6) is 0 Å². The molecule has 0 radical (unpaired) electrons. The van der Waals surface area contributed by atoms with Gasteiger partial charge in [0.05, 0.1) is 0 Å². The van der Waals surface area contributed by atoms with Crippen molar-refractivity contribution in [1.29, 1.82) is 0 Å². The van der Waals surface area contributed by atoms with E-state index in [2.05, 4.69) is 60.7 Å².